The Hall–Kier alpha value is -1.57. The predicted octanol–water partition coefficient (Wildman–Crippen LogP) is 0.665. The second kappa shape index (κ2) is 4.32. The van der Waals surface area contributed by atoms with E-state index in [2.05, 4.69) is 4.74 Å². The van der Waals surface area contributed by atoms with Crippen LogP contribution >= 0.6 is 0 Å². The predicted molar refractivity (Wildman–Crippen MR) is 32.3 cm³/mol. The van der Waals surface area contributed by atoms with Gasteiger partial charge in [0.15, 0.2) is 12.3 Å². The Labute approximate surface area is 57.7 Å². The van der Waals surface area contributed by atoms with E-state index < -0.39 is 10.6 Å². The summed E-state index contributed by atoms with van der Waals surface area (Å²) in [6, 6.07) is 1.37. The van der Waals surface area contributed by atoms with Crippen LogP contribution in [0.25, 0.3) is 0 Å². The number of rotatable bonds is 3. The summed E-state index contributed by atoms with van der Waals surface area (Å²) in [6.07, 6.45) is 0.833. The van der Waals surface area contributed by atoms with Crippen molar-refractivity contribution in [2.45, 2.75) is 6.92 Å². The van der Waals surface area contributed by atoms with Gasteiger partial charge in [-0.15, -0.1) is 0 Å². The van der Waals surface area contributed by atoms with Gasteiger partial charge in [-0.3, -0.25) is 10.1 Å². The molecule has 0 unspecified atom stereocenters. The normalized spacial score (nSPS) is 10.2. The van der Waals surface area contributed by atoms with Crippen LogP contribution in [0.3, 0.4) is 0 Å². The Kier molecular flexibility index (Phi) is 3.64. The molecule has 0 saturated heterocycles. The lowest BCUT2D eigenvalue weighted by molar-refractivity contribution is -0.419. The number of ether oxygens (including phenoxy) is 1. The van der Waals surface area contributed by atoms with Gasteiger partial charge in [0.25, 0.3) is 0 Å². The third kappa shape index (κ3) is 2.67. The molecule has 0 aromatic heterocycles. The number of hydrogen-bond acceptors (Lipinski definition) is 4. The zero-order valence-corrected chi connectivity index (χ0v) is 5.40. The van der Waals surface area contributed by atoms with Crippen LogP contribution in [0.15, 0.2) is 12.0 Å². The van der Waals surface area contributed by atoms with E-state index in [-0.39, 0.29) is 0 Å². The molecular formula is C5H6N2O3. The first kappa shape index (κ1) is 8.43. The number of allylic oxidation sites excluding steroid dienone is 1. The fraction of sp³-hybridized carbons (Fsp3) is 0.400. The highest BCUT2D eigenvalue weighted by Gasteiger charge is 2.07. The molecule has 5 nitrogen and oxygen atoms in total. The van der Waals surface area contributed by atoms with Crippen LogP contribution in [0.5, 0.6) is 0 Å². The van der Waals surface area contributed by atoms with Crippen molar-refractivity contribution in [1.29, 1.82) is 5.26 Å². The van der Waals surface area contributed by atoms with E-state index in [1.165, 1.54) is 6.07 Å². The van der Waals surface area contributed by atoms with Gasteiger partial charge in [-0.2, -0.15) is 5.26 Å². The molecule has 0 bridgehead atoms. The molecule has 0 aromatic rings. The minimum Gasteiger partial charge on any atom is -0.493 e. The van der Waals surface area contributed by atoms with Crippen molar-refractivity contribution in [2.75, 3.05) is 6.61 Å². The minimum absolute atomic E-state index is 0.318. The van der Waals surface area contributed by atoms with E-state index in [1.54, 1.807) is 6.92 Å². The molecule has 0 aliphatic carbocycles. The molecule has 10 heavy (non-hydrogen) atoms. The van der Waals surface area contributed by atoms with Crippen molar-refractivity contribution >= 4 is 0 Å². The summed E-state index contributed by atoms with van der Waals surface area (Å²) in [5.74, 6) is 0. The molecule has 0 heterocycles. The Balaban J connectivity index is 4.09. The van der Waals surface area contributed by atoms with E-state index in [0.717, 1.165) is 6.26 Å². The second-order valence-corrected chi connectivity index (χ2v) is 1.33. The Bertz CT molecular complexity index is 192. The summed E-state index contributed by atoms with van der Waals surface area (Å²) in [7, 11) is 0. The highest BCUT2D eigenvalue weighted by atomic mass is 16.6. The number of nitriles is 1. The molecule has 0 atom stereocenters. The van der Waals surface area contributed by atoms with E-state index in [0.29, 0.717) is 6.61 Å². The minimum atomic E-state index is -0.796. The van der Waals surface area contributed by atoms with Gasteiger partial charge in [0.05, 0.1) is 11.5 Å². The summed E-state index contributed by atoms with van der Waals surface area (Å²) in [6.45, 7) is 1.99. The van der Waals surface area contributed by atoms with Gasteiger partial charge in [-0.25, -0.2) is 0 Å². The molecular weight excluding hydrogens is 136 g/mol. The average molecular weight is 142 g/mol. The SMILES string of the molecule is CCO/C=C(\C#N)[N+](=O)[O-]. The molecule has 0 N–H and O–H groups in total. The van der Waals surface area contributed by atoms with Crippen molar-refractivity contribution in [2.24, 2.45) is 0 Å². The maximum atomic E-state index is 9.87. The van der Waals surface area contributed by atoms with Crippen molar-refractivity contribution in [3.05, 3.63) is 22.1 Å². The molecule has 0 rings (SSSR count). The molecule has 0 aliphatic heterocycles. The molecule has 0 amide bonds. The Morgan fingerprint density at radius 2 is 2.60 bits per heavy atom. The third-order valence-electron chi connectivity index (χ3n) is 0.673. The molecule has 0 aliphatic rings. The van der Waals surface area contributed by atoms with Crippen LogP contribution < -0.4 is 0 Å². The molecule has 0 aromatic carbocycles. The first-order chi connectivity index (χ1) is 4.72. The van der Waals surface area contributed by atoms with Gasteiger partial charge >= 0.3 is 5.70 Å². The van der Waals surface area contributed by atoms with Gasteiger partial charge in [0.1, 0.15) is 0 Å². The van der Waals surface area contributed by atoms with Gasteiger partial charge in [-0.05, 0) is 6.92 Å². The summed E-state index contributed by atoms with van der Waals surface area (Å²) in [5.41, 5.74) is -0.582. The number of nitro groups is 1. The zero-order chi connectivity index (χ0) is 7.98. The quantitative estimate of drug-likeness (QED) is 0.251. The maximum Gasteiger partial charge on any atom is 0.379 e. The second-order valence-electron chi connectivity index (χ2n) is 1.33. The van der Waals surface area contributed by atoms with E-state index in [1.807, 2.05) is 0 Å². The van der Waals surface area contributed by atoms with Crippen molar-refractivity contribution in [3.63, 3.8) is 0 Å². The van der Waals surface area contributed by atoms with Crippen LogP contribution in [0.4, 0.5) is 0 Å². The molecule has 0 saturated carbocycles. The first-order valence-corrected chi connectivity index (χ1v) is 2.58. The third-order valence-corrected chi connectivity index (χ3v) is 0.673. The van der Waals surface area contributed by atoms with Crippen LogP contribution in [-0.4, -0.2) is 11.5 Å². The number of nitrogens with zero attached hydrogens (tertiary/aromatic N) is 2. The highest BCUT2D eigenvalue weighted by molar-refractivity contribution is 5.08. The fourth-order valence-electron chi connectivity index (χ4n) is 0.272. The number of hydrogen-bond donors (Lipinski definition) is 0. The summed E-state index contributed by atoms with van der Waals surface area (Å²) < 4.78 is 4.52. The molecule has 5 heteroatoms. The summed E-state index contributed by atoms with van der Waals surface area (Å²) >= 11 is 0. The van der Waals surface area contributed by atoms with Gasteiger partial charge in [-0.1, -0.05) is 0 Å². The Morgan fingerprint density at radius 1 is 2.00 bits per heavy atom. The molecule has 54 valence electrons. The van der Waals surface area contributed by atoms with Crippen molar-refractivity contribution in [3.8, 4) is 6.07 Å². The van der Waals surface area contributed by atoms with Crippen LogP contribution in [0, 0.1) is 21.4 Å². The summed E-state index contributed by atoms with van der Waals surface area (Å²) in [4.78, 5) is 9.08. The fourth-order valence-corrected chi connectivity index (χ4v) is 0.272. The topological polar surface area (TPSA) is 76.2 Å². The zero-order valence-electron chi connectivity index (χ0n) is 5.40. The van der Waals surface area contributed by atoms with E-state index >= 15 is 0 Å². The van der Waals surface area contributed by atoms with Gasteiger partial charge in [0.2, 0.25) is 0 Å². The Morgan fingerprint density at radius 3 is 2.90 bits per heavy atom. The lowest BCUT2D eigenvalue weighted by Crippen LogP contribution is -1.96. The standard InChI is InChI=1S/C5H6N2O3/c1-2-10-4-5(3-6)7(8)9/h4H,2H2,1H3/b5-4+. The van der Waals surface area contributed by atoms with Crippen LogP contribution in [0.2, 0.25) is 0 Å². The average Bonchev–Trinajstić information content (AvgIpc) is 1.89. The monoisotopic (exact) mass is 142 g/mol. The van der Waals surface area contributed by atoms with E-state index in [4.69, 9.17) is 5.26 Å². The van der Waals surface area contributed by atoms with Gasteiger partial charge in [0, 0.05) is 0 Å². The van der Waals surface area contributed by atoms with Crippen molar-refractivity contribution < 1.29 is 9.66 Å². The summed E-state index contributed by atoms with van der Waals surface area (Å²) in [5, 5.41) is 18.0. The van der Waals surface area contributed by atoms with Crippen LogP contribution in [0.1, 0.15) is 6.92 Å². The lowest BCUT2D eigenvalue weighted by atomic mass is 10.6. The van der Waals surface area contributed by atoms with Crippen LogP contribution in [-0.2, 0) is 4.74 Å². The molecule has 0 fully saturated rings. The lowest BCUT2D eigenvalue weighted by Gasteiger charge is -1.89. The van der Waals surface area contributed by atoms with Gasteiger partial charge < -0.3 is 4.74 Å². The smallest absolute Gasteiger partial charge is 0.379 e. The maximum absolute atomic E-state index is 9.87. The van der Waals surface area contributed by atoms with Crippen molar-refractivity contribution in [1.82, 2.24) is 0 Å². The largest absolute Gasteiger partial charge is 0.493 e. The molecule has 0 radical (unpaired) electrons. The first-order valence-electron chi connectivity index (χ1n) is 2.58. The highest BCUT2D eigenvalue weighted by Crippen LogP contribution is 1.92. The van der Waals surface area contributed by atoms with E-state index in [9.17, 15) is 10.1 Å². The molecule has 0 spiro atoms.